The van der Waals surface area contributed by atoms with Crippen LogP contribution in [0.1, 0.15) is 19.4 Å². The first-order valence-corrected chi connectivity index (χ1v) is 7.89. The molecule has 1 amide bonds. The highest BCUT2D eigenvalue weighted by Crippen LogP contribution is 2.35. The molecular weight excluding hydrogens is 317 g/mol. The van der Waals surface area contributed by atoms with E-state index in [1.165, 1.54) is 4.90 Å². The Morgan fingerprint density at radius 1 is 1.36 bits per heavy atom. The molecule has 0 aromatic heterocycles. The third-order valence-corrected chi connectivity index (χ3v) is 4.55. The summed E-state index contributed by atoms with van der Waals surface area (Å²) in [4.78, 5) is 25.5. The number of hydrogen-bond acceptors (Lipinski definition) is 4. The summed E-state index contributed by atoms with van der Waals surface area (Å²) in [5.41, 5.74) is 1.45. The SMILES string of the molecule is [B]c1ccc(/C=C2\SC(=S)N(C(C(=O)O)C(C)C)C2=O)cc1. The smallest absolute Gasteiger partial charge is 0.327 e. The Bertz CT molecular complexity index is 655. The molecule has 1 aliphatic rings. The minimum absolute atomic E-state index is 0.240. The third-order valence-electron chi connectivity index (χ3n) is 3.22. The molecule has 1 unspecified atom stereocenters. The van der Waals surface area contributed by atoms with Crippen molar-refractivity contribution >= 4 is 59.6 Å². The molecule has 1 atom stereocenters. The van der Waals surface area contributed by atoms with Crippen LogP contribution >= 0.6 is 24.0 Å². The predicted molar refractivity (Wildman–Crippen MR) is 93.1 cm³/mol. The number of carboxylic acid groups (broad SMARTS) is 1. The summed E-state index contributed by atoms with van der Waals surface area (Å²) in [5.74, 6) is -1.66. The molecule has 0 aliphatic carbocycles. The zero-order chi connectivity index (χ0) is 16.4. The van der Waals surface area contributed by atoms with Crippen LogP contribution in [0.5, 0.6) is 0 Å². The standard InChI is InChI=1S/C15H14BNO3S2/c1-8(2)12(14(19)20)17-13(18)11(22-15(17)21)7-9-3-5-10(16)6-4-9/h3-8,12H,1-2H3,(H,19,20)/b11-7-. The molecule has 0 spiro atoms. The molecule has 4 nitrogen and oxygen atoms in total. The van der Waals surface area contributed by atoms with Crippen molar-refractivity contribution in [1.29, 1.82) is 0 Å². The Morgan fingerprint density at radius 3 is 2.45 bits per heavy atom. The fourth-order valence-corrected chi connectivity index (χ4v) is 3.49. The first kappa shape index (κ1) is 16.8. The fraction of sp³-hybridized carbons (Fsp3) is 0.267. The lowest BCUT2D eigenvalue weighted by atomic mass is 9.95. The molecule has 1 aromatic rings. The van der Waals surface area contributed by atoms with Gasteiger partial charge in [-0.3, -0.25) is 9.69 Å². The van der Waals surface area contributed by atoms with Gasteiger partial charge in [-0.05, 0) is 17.6 Å². The van der Waals surface area contributed by atoms with Crippen molar-refractivity contribution in [2.24, 2.45) is 5.92 Å². The van der Waals surface area contributed by atoms with E-state index in [1.807, 2.05) is 0 Å². The van der Waals surface area contributed by atoms with Crippen LogP contribution in [-0.2, 0) is 9.59 Å². The lowest BCUT2D eigenvalue weighted by Gasteiger charge is -2.26. The van der Waals surface area contributed by atoms with Gasteiger partial charge in [-0.2, -0.15) is 0 Å². The van der Waals surface area contributed by atoms with Crippen LogP contribution in [0.2, 0.25) is 0 Å². The van der Waals surface area contributed by atoms with Crippen molar-refractivity contribution in [2.45, 2.75) is 19.9 Å². The van der Waals surface area contributed by atoms with Gasteiger partial charge in [0.2, 0.25) is 0 Å². The molecular formula is C15H14BNO3S2. The second kappa shape index (κ2) is 6.66. The van der Waals surface area contributed by atoms with E-state index < -0.39 is 12.0 Å². The molecule has 1 heterocycles. The largest absolute Gasteiger partial charge is 0.480 e. The molecule has 2 rings (SSSR count). The average molecular weight is 331 g/mol. The summed E-state index contributed by atoms with van der Waals surface area (Å²) in [7, 11) is 5.63. The van der Waals surface area contributed by atoms with E-state index in [-0.39, 0.29) is 16.1 Å². The van der Waals surface area contributed by atoms with Crippen LogP contribution in [0.15, 0.2) is 29.2 Å². The number of rotatable bonds is 4. The van der Waals surface area contributed by atoms with Crippen molar-refractivity contribution in [3.05, 3.63) is 34.7 Å². The lowest BCUT2D eigenvalue weighted by Crippen LogP contribution is -2.47. The quantitative estimate of drug-likeness (QED) is 0.518. The topological polar surface area (TPSA) is 57.6 Å². The average Bonchev–Trinajstić information content (AvgIpc) is 2.69. The Kier molecular flexibility index (Phi) is 5.08. The van der Waals surface area contributed by atoms with E-state index in [4.69, 9.17) is 20.1 Å². The number of carbonyl (C=O) groups is 2. The molecule has 22 heavy (non-hydrogen) atoms. The molecule has 2 radical (unpaired) electrons. The summed E-state index contributed by atoms with van der Waals surface area (Å²) in [6.07, 6.45) is 1.69. The van der Waals surface area contributed by atoms with E-state index in [2.05, 4.69) is 0 Å². The molecule has 1 saturated heterocycles. The second-order valence-corrected chi connectivity index (χ2v) is 6.92. The van der Waals surface area contributed by atoms with E-state index in [9.17, 15) is 14.7 Å². The summed E-state index contributed by atoms with van der Waals surface area (Å²) >= 11 is 6.31. The summed E-state index contributed by atoms with van der Waals surface area (Å²) in [5, 5.41) is 9.35. The van der Waals surface area contributed by atoms with Gasteiger partial charge >= 0.3 is 5.97 Å². The van der Waals surface area contributed by atoms with Gasteiger partial charge in [0, 0.05) is 0 Å². The first-order chi connectivity index (χ1) is 10.3. The van der Waals surface area contributed by atoms with Crippen LogP contribution in [0.4, 0.5) is 0 Å². The first-order valence-electron chi connectivity index (χ1n) is 6.66. The Hall–Kier alpha value is -1.60. The maximum atomic E-state index is 12.5. The van der Waals surface area contributed by atoms with E-state index in [0.29, 0.717) is 10.4 Å². The van der Waals surface area contributed by atoms with Crippen molar-refractivity contribution in [2.75, 3.05) is 0 Å². The highest BCUT2D eigenvalue weighted by Gasteiger charge is 2.41. The zero-order valence-corrected chi connectivity index (χ0v) is 13.8. The summed E-state index contributed by atoms with van der Waals surface area (Å²) < 4.78 is 0.271. The highest BCUT2D eigenvalue weighted by molar-refractivity contribution is 8.26. The number of aliphatic carboxylic acids is 1. The molecule has 1 aliphatic heterocycles. The van der Waals surface area contributed by atoms with Gasteiger partial charge in [-0.25, -0.2) is 4.79 Å². The van der Waals surface area contributed by atoms with E-state index in [0.717, 1.165) is 17.3 Å². The number of nitrogens with zero attached hydrogens (tertiary/aromatic N) is 1. The maximum absolute atomic E-state index is 12.5. The molecule has 0 saturated carbocycles. The van der Waals surface area contributed by atoms with Gasteiger partial charge in [0.1, 0.15) is 18.2 Å². The molecule has 1 fully saturated rings. The zero-order valence-electron chi connectivity index (χ0n) is 12.1. The van der Waals surface area contributed by atoms with Gasteiger partial charge in [0.25, 0.3) is 5.91 Å². The van der Waals surface area contributed by atoms with Gasteiger partial charge in [0.15, 0.2) is 0 Å². The molecule has 112 valence electrons. The van der Waals surface area contributed by atoms with Crippen molar-refractivity contribution in [1.82, 2.24) is 4.90 Å². The van der Waals surface area contributed by atoms with Crippen LogP contribution in [0.25, 0.3) is 6.08 Å². The van der Waals surface area contributed by atoms with Gasteiger partial charge in [-0.1, -0.05) is 67.6 Å². The second-order valence-electron chi connectivity index (χ2n) is 5.25. The maximum Gasteiger partial charge on any atom is 0.327 e. The van der Waals surface area contributed by atoms with E-state index in [1.54, 1.807) is 44.2 Å². The lowest BCUT2D eigenvalue weighted by molar-refractivity contribution is -0.146. The number of hydrogen-bond donors (Lipinski definition) is 1. The third kappa shape index (κ3) is 3.42. The number of amides is 1. The minimum atomic E-state index is -1.06. The van der Waals surface area contributed by atoms with Crippen LogP contribution < -0.4 is 5.46 Å². The van der Waals surface area contributed by atoms with Crippen molar-refractivity contribution in [3.63, 3.8) is 0 Å². The molecule has 1 aromatic carbocycles. The number of carbonyl (C=O) groups excluding carboxylic acids is 1. The van der Waals surface area contributed by atoms with Crippen molar-refractivity contribution in [3.8, 4) is 0 Å². The number of benzene rings is 1. The minimum Gasteiger partial charge on any atom is -0.480 e. The fourth-order valence-electron chi connectivity index (χ4n) is 2.16. The Balaban J connectivity index is 2.32. The van der Waals surface area contributed by atoms with Gasteiger partial charge in [0.05, 0.1) is 4.91 Å². The Labute approximate surface area is 140 Å². The number of carboxylic acids is 1. The molecule has 1 N–H and O–H groups in total. The van der Waals surface area contributed by atoms with Crippen LogP contribution in [0.3, 0.4) is 0 Å². The van der Waals surface area contributed by atoms with Crippen LogP contribution in [-0.4, -0.2) is 40.1 Å². The number of thiocarbonyl (C=S) groups is 1. The monoisotopic (exact) mass is 331 g/mol. The Morgan fingerprint density at radius 2 is 1.95 bits per heavy atom. The molecule has 7 heteroatoms. The number of thioether (sulfide) groups is 1. The van der Waals surface area contributed by atoms with E-state index >= 15 is 0 Å². The van der Waals surface area contributed by atoms with Crippen molar-refractivity contribution < 1.29 is 14.7 Å². The van der Waals surface area contributed by atoms with Gasteiger partial charge in [-0.15, -0.1) is 0 Å². The summed E-state index contributed by atoms with van der Waals surface area (Å²) in [6.45, 7) is 3.50. The normalized spacial score (nSPS) is 18.3. The summed E-state index contributed by atoms with van der Waals surface area (Å²) in [6, 6.07) is 6.10. The predicted octanol–water partition coefficient (Wildman–Crippen LogP) is 1.79. The van der Waals surface area contributed by atoms with Gasteiger partial charge < -0.3 is 5.11 Å². The van der Waals surface area contributed by atoms with Crippen LogP contribution in [0, 0.1) is 5.92 Å². The highest BCUT2D eigenvalue weighted by atomic mass is 32.2. The molecule has 0 bridgehead atoms.